The van der Waals surface area contributed by atoms with E-state index in [0.717, 1.165) is 5.69 Å². The fraction of sp³-hybridized carbons (Fsp3) is 0.455. The number of sulfone groups is 1. The molecule has 2 heterocycles. The van der Waals surface area contributed by atoms with E-state index in [0.29, 0.717) is 18.8 Å². The average Bonchev–Trinajstić information content (AvgIpc) is 2.33. The van der Waals surface area contributed by atoms with Crippen molar-refractivity contribution in [3.63, 3.8) is 0 Å². The van der Waals surface area contributed by atoms with Crippen LogP contribution in [0.5, 0.6) is 0 Å². The summed E-state index contributed by atoms with van der Waals surface area (Å²) in [6.45, 7) is 2.69. The monoisotopic (exact) mass is 251 g/mol. The maximum atomic E-state index is 11.6. The minimum Gasteiger partial charge on any atom is -0.368 e. The molecule has 17 heavy (non-hydrogen) atoms. The van der Waals surface area contributed by atoms with Crippen molar-refractivity contribution in [2.75, 3.05) is 23.7 Å². The third kappa shape index (κ3) is 2.39. The number of rotatable bonds is 1. The van der Waals surface area contributed by atoms with Crippen molar-refractivity contribution in [1.82, 2.24) is 4.98 Å². The number of hydrogen-bond acceptors (Lipinski definition) is 5. The summed E-state index contributed by atoms with van der Waals surface area (Å²) in [5.74, 6) is 0.175. The van der Waals surface area contributed by atoms with Gasteiger partial charge in [0, 0.05) is 13.1 Å². The second kappa shape index (κ2) is 4.34. The van der Waals surface area contributed by atoms with Gasteiger partial charge in [-0.15, -0.1) is 0 Å². The van der Waals surface area contributed by atoms with Gasteiger partial charge in [-0.2, -0.15) is 5.26 Å². The first-order valence-electron chi connectivity index (χ1n) is 5.35. The molecule has 1 atom stereocenters. The van der Waals surface area contributed by atoms with Crippen molar-refractivity contribution in [3.8, 4) is 6.07 Å². The van der Waals surface area contributed by atoms with Crippen LogP contribution in [0.1, 0.15) is 12.6 Å². The highest BCUT2D eigenvalue weighted by molar-refractivity contribution is 7.92. The minimum atomic E-state index is -2.93. The van der Waals surface area contributed by atoms with Crippen LogP contribution < -0.4 is 4.90 Å². The Kier molecular flexibility index (Phi) is 3.03. The van der Waals surface area contributed by atoms with E-state index in [9.17, 15) is 8.42 Å². The molecule has 2 rings (SSSR count). The molecule has 1 saturated heterocycles. The molecule has 0 saturated carbocycles. The lowest BCUT2D eigenvalue weighted by Crippen LogP contribution is -2.45. The summed E-state index contributed by atoms with van der Waals surface area (Å²) >= 11 is 0. The van der Waals surface area contributed by atoms with Gasteiger partial charge in [0.25, 0.3) is 0 Å². The van der Waals surface area contributed by atoms with Gasteiger partial charge in [-0.05, 0) is 19.1 Å². The number of hydrogen-bond donors (Lipinski definition) is 0. The Balaban J connectivity index is 2.17. The zero-order valence-corrected chi connectivity index (χ0v) is 10.3. The Bertz CT molecular complexity index is 545. The predicted octanol–water partition coefficient (Wildman–Crippen LogP) is 0.577. The van der Waals surface area contributed by atoms with Gasteiger partial charge in [0.05, 0.1) is 22.9 Å². The van der Waals surface area contributed by atoms with E-state index in [-0.39, 0.29) is 11.0 Å². The Morgan fingerprint density at radius 3 is 2.82 bits per heavy atom. The van der Waals surface area contributed by atoms with Crippen LogP contribution in [0.25, 0.3) is 0 Å². The van der Waals surface area contributed by atoms with Crippen molar-refractivity contribution >= 4 is 15.5 Å². The lowest BCUT2D eigenvalue weighted by atomic mass is 10.3. The third-order valence-electron chi connectivity index (χ3n) is 2.96. The lowest BCUT2D eigenvalue weighted by molar-refractivity contribution is 0.569. The third-order valence-corrected chi connectivity index (χ3v) is 5.09. The van der Waals surface area contributed by atoms with Gasteiger partial charge in [0.2, 0.25) is 0 Å². The summed E-state index contributed by atoms with van der Waals surface area (Å²) in [5, 5.41) is 8.29. The van der Waals surface area contributed by atoms with E-state index in [1.165, 1.54) is 0 Å². The van der Waals surface area contributed by atoms with Crippen molar-refractivity contribution in [1.29, 1.82) is 5.26 Å². The highest BCUT2D eigenvalue weighted by Crippen LogP contribution is 2.19. The molecule has 90 valence electrons. The SMILES string of the molecule is CC1CN(c2ccc(C#N)nc2)CCS1(=O)=O. The summed E-state index contributed by atoms with van der Waals surface area (Å²) in [5.41, 5.74) is 1.23. The molecule has 1 aromatic heterocycles. The maximum Gasteiger partial charge on any atom is 0.156 e. The molecule has 6 heteroatoms. The van der Waals surface area contributed by atoms with Gasteiger partial charge in [0.1, 0.15) is 11.8 Å². The molecule has 1 aliphatic heterocycles. The Hall–Kier alpha value is -1.61. The second-order valence-electron chi connectivity index (χ2n) is 4.14. The lowest BCUT2D eigenvalue weighted by Gasteiger charge is -2.32. The molecular formula is C11H13N3O2S. The smallest absolute Gasteiger partial charge is 0.156 e. The predicted molar refractivity (Wildman–Crippen MR) is 64.4 cm³/mol. The zero-order valence-electron chi connectivity index (χ0n) is 9.50. The average molecular weight is 251 g/mol. The van der Waals surface area contributed by atoms with Crippen LogP contribution in [0, 0.1) is 11.3 Å². The number of nitriles is 1. The normalized spacial score (nSPS) is 23.1. The molecule has 1 aromatic rings. The molecule has 1 unspecified atom stereocenters. The Labute approximate surface area is 101 Å². The minimum absolute atomic E-state index is 0.175. The number of aromatic nitrogens is 1. The van der Waals surface area contributed by atoms with Crippen molar-refractivity contribution in [2.45, 2.75) is 12.2 Å². The van der Waals surface area contributed by atoms with Crippen LogP contribution in [0.4, 0.5) is 5.69 Å². The molecule has 0 aliphatic carbocycles. The van der Waals surface area contributed by atoms with Crippen LogP contribution in [0.15, 0.2) is 18.3 Å². The first-order chi connectivity index (χ1) is 8.03. The molecule has 1 aliphatic rings. The van der Waals surface area contributed by atoms with E-state index >= 15 is 0 Å². The second-order valence-corrected chi connectivity index (χ2v) is 6.68. The molecule has 0 amide bonds. The van der Waals surface area contributed by atoms with Crippen LogP contribution in [0.3, 0.4) is 0 Å². The van der Waals surface area contributed by atoms with Gasteiger partial charge in [0.15, 0.2) is 9.84 Å². The van der Waals surface area contributed by atoms with Crippen molar-refractivity contribution < 1.29 is 8.42 Å². The van der Waals surface area contributed by atoms with Crippen LogP contribution >= 0.6 is 0 Å². The summed E-state index contributed by atoms with van der Waals surface area (Å²) < 4.78 is 23.1. The highest BCUT2D eigenvalue weighted by Gasteiger charge is 2.29. The summed E-state index contributed by atoms with van der Waals surface area (Å²) in [6, 6.07) is 5.40. The van der Waals surface area contributed by atoms with E-state index in [2.05, 4.69) is 4.98 Å². The van der Waals surface area contributed by atoms with Crippen LogP contribution in [-0.2, 0) is 9.84 Å². The van der Waals surface area contributed by atoms with E-state index in [4.69, 9.17) is 5.26 Å². The molecule has 0 aromatic carbocycles. The fourth-order valence-electron chi connectivity index (χ4n) is 1.83. The van der Waals surface area contributed by atoms with Gasteiger partial charge in [-0.25, -0.2) is 13.4 Å². The molecule has 1 fully saturated rings. The first-order valence-corrected chi connectivity index (χ1v) is 7.07. The van der Waals surface area contributed by atoms with Crippen LogP contribution in [0.2, 0.25) is 0 Å². The van der Waals surface area contributed by atoms with Crippen molar-refractivity contribution in [3.05, 3.63) is 24.0 Å². The molecule has 0 radical (unpaired) electrons. The van der Waals surface area contributed by atoms with E-state index in [1.54, 1.807) is 25.3 Å². The van der Waals surface area contributed by atoms with Crippen LogP contribution in [-0.4, -0.2) is 37.5 Å². The Morgan fingerprint density at radius 1 is 1.53 bits per heavy atom. The summed E-state index contributed by atoms with van der Waals surface area (Å²) in [7, 11) is -2.93. The molecular weight excluding hydrogens is 238 g/mol. The van der Waals surface area contributed by atoms with Gasteiger partial charge < -0.3 is 4.90 Å². The van der Waals surface area contributed by atoms with Gasteiger partial charge in [-0.3, -0.25) is 0 Å². The highest BCUT2D eigenvalue weighted by atomic mass is 32.2. The zero-order chi connectivity index (χ0) is 12.5. The largest absolute Gasteiger partial charge is 0.368 e. The quantitative estimate of drug-likeness (QED) is 0.729. The van der Waals surface area contributed by atoms with Crippen molar-refractivity contribution in [2.24, 2.45) is 0 Å². The fourth-order valence-corrected chi connectivity index (χ4v) is 3.11. The molecule has 0 N–H and O–H groups in total. The molecule has 5 nitrogen and oxygen atoms in total. The molecule has 0 spiro atoms. The molecule has 0 bridgehead atoms. The number of nitrogens with zero attached hydrogens (tertiary/aromatic N) is 3. The summed E-state index contributed by atoms with van der Waals surface area (Å²) in [6.07, 6.45) is 1.61. The number of anilines is 1. The number of pyridine rings is 1. The van der Waals surface area contributed by atoms with Gasteiger partial charge >= 0.3 is 0 Å². The topological polar surface area (TPSA) is 74.1 Å². The van der Waals surface area contributed by atoms with Gasteiger partial charge in [-0.1, -0.05) is 0 Å². The maximum absolute atomic E-state index is 11.6. The summed E-state index contributed by atoms with van der Waals surface area (Å²) in [4.78, 5) is 5.97. The first kappa shape index (κ1) is 11.9. The van der Waals surface area contributed by atoms with E-state index < -0.39 is 9.84 Å². The Morgan fingerprint density at radius 2 is 2.29 bits per heavy atom. The standard InChI is InChI=1S/C11H13N3O2S/c1-9-8-14(4-5-17(9,15)16)11-3-2-10(6-12)13-7-11/h2-3,7,9H,4-5,8H2,1H3. The van der Waals surface area contributed by atoms with E-state index in [1.807, 2.05) is 11.0 Å².